The molecule has 0 atom stereocenters. The van der Waals surface area contributed by atoms with E-state index in [-0.39, 0.29) is 17.1 Å². The van der Waals surface area contributed by atoms with E-state index in [4.69, 9.17) is 0 Å². The summed E-state index contributed by atoms with van der Waals surface area (Å²) in [7, 11) is 0. The van der Waals surface area contributed by atoms with Crippen LogP contribution in [0.5, 0.6) is 0 Å². The molecule has 142 valence electrons. The van der Waals surface area contributed by atoms with Gasteiger partial charge in [0, 0.05) is 0 Å². The largest absolute Gasteiger partial charge is 0.331 e. The van der Waals surface area contributed by atoms with Crippen LogP contribution < -0.4 is 11.4 Å². The van der Waals surface area contributed by atoms with Crippen molar-refractivity contribution < 1.29 is 4.92 Å². The van der Waals surface area contributed by atoms with Gasteiger partial charge < -0.3 is 9.97 Å². The normalized spacial score (nSPS) is 11.3. The van der Waals surface area contributed by atoms with Crippen LogP contribution in [0.25, 0.3) is 33.4 Å². The minimum Gasteiger partial charge on any atom is -0.305 e. The standard InChI is InChI=1S/C20H13N5O4/c26-19-21-12-6-1-3-8-14(12)23(19)16-10-5-11-17(18(16)25(28)29)24-15-9-4-2-7-13(15)22-20(24)27/h1-11H,(H,21,26)(H,22,27). The molecule has 0 radical (unpaired) electrons. The number of H-pyrrole nitrogens is 2. The van der Waals surface area contributed by atoms with Crippen molar-refractivity contribution >= 4 is 27.8 Å². The molecule has 9 heteroatoms. The van der Waals surface area contributed by atoms with E-state index in [0.29, 0.717) is 22.1 Å². The molecule has 3 aromatic carbocycles. The molecule has 9 nitrogen and oxygen atoms in total. The summed E-state index contributed by atoms with van der Waals surface area (Å²) in [6.07, 6.45) is 0. The molecule has 0 amide bonds. The predicted molar refractivity (Wildman–Crippen MR) is 108 cm³/mol. The molecular formula is C20H13N5O4. The lowest BCUT2D eigenvalue weighted by Gasteiger charge is -2.10. The number of nitrogens with one attached hydrogen (secondary N) is 2. The van der Waals surface area contributed by atoms with Crippen molar-refractivity contribution in [1.82, 2.24) is 19.1 Å². The van der Waals surface area contributed by atoms with Gasteiger partial charge in [-0.1, -0.05) is 30.3 Å². The summed E-state index contributed by atoms with van der Waals surface area (Å²) >= 11 is 0. The average Bonchev–Trinajstić information content (AvgIpc) is 3.22. The highest BCUT2D eigenvalue weighted by Gasteiger charge is 2.26. The zero-order chi connectivity index (χ0) is 20.1. The van der Waals surface area contributed by atoms with Crippen LogP contribution in [-0.2, 0) is 0 Å². The third-order valence-electron chi connectivity index (χ3n) is 4.84. The summed E-state index contributed by atoms with van der Waals surface area (Å²) in [6.45, 7) is 0. The Kier molecular flexibility index (Phi) is 3.50. The Morgan fingerprint density at radius 3 is 1.59 bits per heavy atom. The van der Waals surface area contributed by atoms with Crippen LogP contribution in [0, 0.1) is 10.1 Å². The van der Waals surface area contributed by atoms with Crippen molar-refractivity contribution in [3.05, 3.63) is 97.8 Å². The van der Waals surface area contributed by atoms with Crippen LogP contribution in [0.1, 0.15) is 0 Å². The zero-order valence-electron chi connectivity index (χ0n) is 14.8. The van der Waals surface area contributed by atoms with E-state index < -0.39 is 16.3 Å². The molecular weight excluding hydrogens is 374 g/mol. The molecule has 0 saturated heterocycles. The minimum atomic E-state index is -0.576. The molecule has 0 aliphatic rings. The molecule has 0 unspecified atom stereocenters. The number of nitro benzene ring substituents is 1. The number of fused-ring (bicyclic) bond motifs is 2. The smallest absolute Gasteiger partial charge is 0.305 e. The van der Waals surface area contributed by atoms with E-state index >= 15 is 0 Å². The van der Waals surface area contributed by atoms with Gasteiger partial charge in [0.2, 0.25) is 0 Å². The molecule has 2 N–H and O–H groups in total. The number of rotatable bonds is 3. The van der Waals surface area contributed by atoms with Crippen molar-refractivity contribution in [2.45, 2.75) is 0 Å². The Balaban J connectivity index is 1.90. The first-order valence-corrected chi connectivity index (χ1v) is 8.74. The number of imidazole rings is 2. The molecule has 0 spiro atoms. The summed E-state index contributed by atoms with van der Waals surface area (Å²) in [5.41, 5.74) is 0.928. The second-order valence-electron chi connectivity index (χ2n) is 6.47. The molecule has 5 rings (SSSR count). The van der Waals surface area contributed by atoms with Gasteiger partial charge in [0.05, 0.1) is 27.0 Å². The first kappa shape index (κ1) is 16.8. The number of nitro groups is 1. The predicted octanol–water partition coefficient (Wildman–Crippen LogP) is 2.86. The number of hydrogen-bond acceptors (Lipinski definition) is 4. The van der Waals surface area contributed by atoms with Gasteiger partial charge in [0.25, 0.3) is 0 Å². The van der Waals surface area contributed by atoms with E-state index in [1.54, 1.807) is 54.6 Å². The van der Waals surface area contributed by atoms with Crippen molar-refractivity contribution in [3.8, 4) is 11.4 Å². The number of benzene rings is 3. The van der Waals surface area contributed by atoms with Crippen LogP contribution >= 0.6 is 0 Å². The molecule has 0 aliphatic carbocycles. The van der Waals surface area contributed by atoms with Crippen LogP contribution in [0.15, 0.2) is 76.3 Å². The molecule has 29 heavy (non-hydrogen) atoms. The molecule has 0 aliphatic heterocycles. The molecule has 0 bridgehead atoms. The van der Waals surface area contributed by atoms with Crippen LogP contribution in [-0.4, -0.2) is 24.0 Å². The van der Waals surface area contributed by atoms with E-state index in [0.717, 1.165) is 0 Å². The molecule has 2 aromatic heterocycles. The van der Waals surface area contributed by atoms with Crippen LogP contribution in [0.2, 0.25) is 0 Å². The monoisotopic (exact) mass is 387 g/mol. The third kappa shape index (κ3) is 2.41. The lowest BCUT2D eigenvalue weighted by atomic mass is 10.2. The molecule has 0 saturated carbocycles. The fourth-order valence-electron chi connectivity index (χ4n) is 3.66. The highest BCUT2D eigenvalue weighted by Crippen LogP contribution is 2.32. The Morgan fingerprint density at radius 2 is 1.14 bits per heavy atom. The zero-order valence-corrected chi connectivity index (χ0v) is 14.8. The van der Waals surface area contributed by atoms with Gasteiger partial charge in [-0.05, 0) is 36.4 Å². The second kappa shape index (κ2) is 6.06. The van der Waals surface area contributed by atoms with Crippen LogP contribution in [0.3, 0.4) is 0 Å². The van der Waals surface area contributed by atoms with Gasteiger partial charge >= 0.3 is 17.1 Å². The number of nitrogens with zero attached hydrogens (tertiary/aromatic N) is 3. The van der Waals surface area contributed by atoms with Gasteiger partial charge in [-0.25, -0.2) is 9.59 Å². The van der Waals surface area contributed by atoms with E-state index in [2.05, 4.69) is 9.97 Å². The quantitative estimate of drug-likeness (QED) is 0.365. The molecule has 5 aromatic rings. The highest BCUT2D eigenvalue weighted by molar-refractivity contribution is 5.82. The van der Waals surface area contributed by atoms with E-state index in [1.165, 1.54) is 21.3 Å². The molecule has 2 heterocycles. The Bertz CT molecular complexity index is 1430. The number of hydrogen-bond donors (Lipinski definition) is 2. The highest BCUT2D eigenvalue weighted by atomic mass is 16.6. The van der Waals surface area contributed by atoms with E-state index in [1.807, 2.05) is 0 Å². The SMILES string of the molecule is O=c1[nH]c2ccccc2n1-c1cccc(-n2c(=O)[nH]c3ccccc32)c1[N+](=O)[O-]. The first-order valence-electron chi connectivity index (χ1n) is 8.74. The van der Waals surface area contributed by atoms with Crippen LogP contribution in [0.4, 0.5) is 5.69 Å². The lowest BCUT2D eigenvalue weighted by Crippen LogP contribution is -2.19. The number of para-hydroxylation sites is 5. The average molecular weight is 387 g/mol. The summed E-state index contributed by atoms with van der Waals surface area (Å²) in [5, 5.41) is 12.1. The summed E-state index contributed by atoms with van der Waals surface area (Å²) in [6, 6.07) is 18.4. The maximum Gasteiger partial charge on any atom is 0.331 e. The second-order valence-corrected chi connectivity index (χ2v) is 6.47. The topological polar surface area (TPSA) is 119 Å². The maximum absolute atomic E-state index is 12.6. The van der Waals surface area contributed by atoms with E-state index in [9.17, 15) is 19.7 Å². The lowest BCUT2D eigenvalue weighted by molar-refractivity contribution is -0.384. The van der Waals surface area contributed by atoms with Gasteiger partial charge in [0.15, 0.2) is 0 Å². The Morgan fingerprint density at radius 1 is 0.690 bits per heavy atom. The van der Waals surface area contributed by atoms with Gasteiger partial charge in [0.1, 0.15) is 11.4 Å². The maximum atomic E-state index is 12.6. The Labute approximate surface area is 161 Å². The molecule has 0 fully saturated rings. The van der Waals surface area contributed by atoms with Gasteiger partial charge in [-0.15, -0.1) is 0 Å². The van der Waals surface area contributed by atoms with Gasteiger partial charge in [-0.3, -0.25) is 19.2 Å². The number of aromatic amines is 2. The number of aromatic nitrogens is 4. The Hall–Kier alpha value is -4.40. The minimum absolute atomic E-state index is 0.0760. The fourth-order valence-corrected chi connectivity index (χ4v) is 3.66. The van der Waals surface area contributed by atoms with Gasteiger partial charge in [-0.2, -0.15) is 0 Å². The van der Waals surface area contributed by atoms with Crippen molar-refractivity contribution in [2.24, 2.45) is 0 Å². The summed E-state index contributed by atoms with van der Waals surface area (Å²) in [4.78, 5) is 42.1. The van der Waals surface area contributed by atoms with Crippen molar-refractivity contribution in [1.29, 1.82) is 0 Å². The first-order chi connectivity index (χ1) is 14.1. The summed E-state index contributed by atoms with van der Waals surface area (Å²) in [5.74, 6) is 0. The van der Waals surface area contributed by atoms with Crippen molar-refractivity contribution in [3.63, 3.8) is 0 Å². The third-order valence-corrected chi connectivity index (χ3v) is 4.84. The van der Waals surface area contributed by atoms with Crippen molar-refractivity contribution in [2.75, 3.05) is 0 Å². The summed E-state index contributed by atoms with van der Waals surface area (Å²) < 4.78 is 2.49. The fraction of sp³-hybridized carbons (Fsp3) is 0.